The highest BCUT2D eigenvalue weighted by Gasteiger charge is 2.15. The fourth-order valence-corrected chi connectivity index (χ4v) is 2.55. The zero-order valence-electron chi connectivity index (χ0n) is 7.67. The van der Waals surface area contributed by atoms with E-state index in [2.05, 4.69) is 20.3 Å². The summed E-state index contributed by atoms with van der Waals surface area (Å²) in [5.74, 6) is 1.28. The number of nitrogens with zero attached hydrogens (tertiary/aromatic N) is 4. The van der Waals surface area contributed by atoms with Crippen molar-refractivity contribution in [1.82, 2.24) is 20.3 Å². The second-order valence-electron chi connectivity index (χ2n) is 2.64. The van der Waals surface area contributed by atoms with E-state index in [4.69, 9.17) is 4.52 Å². The predicted octanol–water partition coefficient (Wildman–Crippen LogP) is 2.08. The molecule has 5 nitrogen and oxygen atoms in total. The molecule has 0 spiro atoms. The molecule has 0 aliphatic heterocycles. The van der Waals surface area contributed by atoms with E-state index in [0.29, 0.717) is 11.7 Å². The number of aryl methyl sites for hydroxylation is 1. The van der Waals surface area contributed by atoms with E-state index in [1.165, 1.54) is 11.3 Å². The molecule has 0 saturated carbocycles. The molecule has 2 aromatic rings. The van der Waals surface area contributed by atoms with Gasteiger partial charge >= 0.3 is 0 Å². The van der Waals surface area contributed by atoms with Crippen molar-refractivity contribution in [2.45, 2.75) is 23.4 Å². The van der Waals surface area contributed by atoms with Crippen LogP contribution in [0, 0.1) is 6.92 Å². The first kappa shape index (κ1) is 9.60. The molecule has 2 heterocycles. The van der Waals surface area contributed by atoms with Crippen molar-refractivity contribution in [1.29, 1.82) is 0 Å². The fraction of sp³-hybridized carbons (Fsp3) is 0.429. The van der Waals surface area contributed by atoms with Crippen LogP contribution in [0.5, 0.6) is 0 Å². The van der Waals surface area contributed by atoms with Crippen molar-refractivity contribution >= 4 is 23.1 Å². The summed E-state index contributed by atoms with van der Waals surface area (Å²) in [7, 11) is 0. The van der Waals surface area contributed by atoms with Gasteiger partial charge in [0.05, 0.1) is 5.25 Å². The summed E-state index contributed by atoms with van der Waals surface area (Å²) >= 11 is 3.07. The number of aromatic nitrogens is 4. The summed E-state index contributed by atoms with van der Waals surface area (Å²) in [5.41, 5.74) is 1.70. The maximum atomic E-state index is 5.05. The zero-order valence-corrected chi connectivity index (χ0v) is 9.30. The number of hydrogen-bond acceptors (Lipinski definition) is 7. The average molecular weight is 228 g/mol. The average Bonchev–Trinajstić information content (AvgIpc) is 2.75. The Morgan fingerprint density at radius 1 is 1.57 bits per heavy atom. The number of thioether (sulfide) groups is 1. The molecule has 74 valence electrons. The molecule has 0 bridgehead atoms. The van der Waals surface area contributed by atoms with E-state index in [1.54, 1.807) is 24.2 Å². The van der Waals surface area contributed by atoms with Crippen molar-refractivity contribution in [3.63, 3.8) is 0 Å². The summed E-state index contributed by atoms with van der Waals surface area (Å²) in [6, 6.07) is 0. The van der Waals surface area contributed by atoms with Gasteiger partial charge in [-0.25, -0.2) is 0 Å². The van der Waals surface area contributed by atoms with E-state index in [9.17, 15) is 0 Å². The van der Waals surface area contributed by atoms with E-state index in [0.717, 1.165) is 4.34 Å². The Labute approximate surface area is 88.9 Å². The van der Waals surface area contributed by atoms with E-state index >= 15 is 0 Å². The van der Waals surface area contributed by atoms with Gasteiger partial charge in [-0.2, -0.15) is 4.98 Å². The third-order valence-corrected chi connectivity index (χ3v) is 3.41. The Morgan fingerprint density at radius 3 is 3.00 bits per heavy atom. The standard InChI is InChI=1S/C7H8N4OS2/c1-4(6-9-5(2)11-12-6)14-7-10-8-3-13-7/h3-4H,1-2H3. The minimum absolute atomic E-state index is 0.115. The molecule has 1 unspecified atom stereocenters. The smallest absolute Gasteiger partial charge is 0.239 e. The quantitative estimate of drug-likeness (QED) is 0.749. The van der Waals surface area contributed by atoms with Crippen molar-refractivity contribution in [2.24, 2.45) is 0 Å². The summed E-state index contributed by atoms with van der Waals surface area (Å²) in [4.78, 5) is 4.15. The molecule has 7 heteroatoms. The Hall–Kier alpha value is -0.950. The van der Waals surface area contributed by atoms with Crippen molar-refractivity contribution in [3.8, 4) is 0 Å². The molecular formula is C7H8N4OS2. The first-order chi connectivity index (χ1) is 6.75. The molecule has 0 radical (unpaired) electrons. The van der Waals surface area contributed by atoms with Crippen LogP contribution in [0.1, 0.15) is 23.9 Å². The first-order valence-corrected chi connectivity index (χ1v) is 5.74. The minimum atomic E-state index is 0.115. The van der Waals surface area contributed by atoms with Gasteiger partial charge in [0, 0.05) is 0 Å². The first-order valence-electron chi connectivity index (χ1n) is 3.99. The molecule has 0 N–H and O–H groups in total. The van der Waals surface area contributed by atoms with Gasteiger partial charge in [0.2, 0.25) is 5.89 Å². The second kappa shape index (κ2) is 4.05. The lowest BCUT2D eigenvalue weighted by molar-refractivity contribution is 0.376. The van der Waals surface area contributed by atoms with E-state index in [1.807, 2.05) is 6.92 Å². The monoisotopic (exact) mass is 228 g/mol. The molecule has 1 atom stereocenters. The summed E-state index contributed by atoms with van der Waals surface area (Å²) in [5, 5.41) is 11.5. The molecule has 0 fully saturated rings. The van der Waals surface area contributed by atoms with Gasteiger partial charge in [0.15, 0.2) is 10.2 Å². The van der Waals surface area contributed by atoms with Crippen LogP contribution >= 0.6 is 23.1 Å². The van der Waals surface area contributed by atoms with E-state index < -0.39 is 0 Å². The molecular weight excluding hydrogens is 220 g/mol. The highest BCUT2D eigenvalue weighted by molar-refractivity contribution is 8.01. The van der Waals surface area contributed by atoms with Gasteiger partial charge in [-0.1, -0.05) is 28.3 Å². The molecule has 0 aliphatic rings. The maximum Gasteiger partial charge on any atom is 0.239 e. The van der Waals surface area contributed by atoms with Crippen molar-refractivity contribution in [2.75, 3.05) is 0 Å². The lowest BCUT2D eigenvalue weighted by Crippen LogP contribution is -1.88. The van der Waals surface area contributed by atoms with Crippen molar-refractivity contribution in [3.05, 3.63) is 17.2 Å². The Kier molecular flexibility index (Phi) is 2.78. The lowest BCUT2D eigenvalue weighted by atomic mass is 10.5. The normalized spacial score (nSPS) is 13.0. The second-order valence-corrected chi connectivity index (χ2v) is 5.07. The molecule has 0 aliphatic carbocycles. The SMILES string of the molecule is Cc1noc(C(C)Sc2nncs2)n1. The third-order valence-electron chi connectivity index (χ3n) is 1.51. The summed E-state index contributed by atoms with van der Waals surface area (Å²) in [6.07, 6.45) is 0. The maximum absolute atomic E-state index is 5.05. The molecule has 0 aromatic carbocycles. The van der Waals surface area contributed by atoms with Crippen LogP contribution in [0.3, 0.4) is 0 Å². The van der Waals surface area contributed by atoms with Crippen LogP contribution in [-0.4, -0.2) is 20.3 Å². The van der Waals surface area contributed by atoms with Crippen molar-refractivity contribution < 1.29 is 4.52 Å². The highest BCUT2D eigenvalue weighted by atomic mass is 32.2. The molecule has 2 aromatic heterocycles. The van der Waals surface area contributed by atoms with Crippen LogP contribution in [0.4, 0.5) is 0 Å². The van der Waals surface area contributed by atoms with Crippen LogP contribution in [0.25, 0.3) is 0 Å². The largest absolute Gasteiger partial charge is 0.338 e. The highest BCUT2D eigenvalue weighted by Crippen LogP contribution is 2.34. The Bertz CT molecular complexity index is 399. The van der Waals surface area contributed by atoms with Gasteiger partial charge in [-0.15, -0.1) is 10.2 Å². The summed E-state index contributed by atoms with van der Waals surface area (Å²) < 4.78 is 5.96. The van der Waals surface area contributed by atoms with Crippen LogP contribution in [0.15, 0.2) is 14.4 Å². The third kappa shape index (κ3) is 2.10. The predicted molar refractivity (Wildman–Crippen MR) is 53.2 cm³/mol. The number of hydrogen-bond donors (Lipinski definition) is 0. The van der Waals surface area contributed by atoms with Crippen LogP contribution in [0.2, 0.25) is 0 Å². The Morgan fingerprint density at radius 2 is 2.43 bits per heavy atom. The molecule has 0 amide bonds. The minimum Gasteiger partial charge on any atom is -0.338 e. The molecule has 14 heavy (non-hydrogen) atoms. The van der Waals surface area contributed by atoms with Gasteiger partial charge in [0.25, 0.3) is 0 Å². The van der Waals surface area contributed by atoms with E-state index in [-0.39, 0.29) is 5.25 Å². The molecule has 2 rings (SSSR count). The van der Waals surface area contributed by atoms with Crippen LogP contribution in [-0.2, 0) is 0 Å². The summed E-state index contributed by atoms with van der Waals surface area (Å²) in [6.45, 7) is 3.80. The van der Waals surface area contributed by atoms with Gasteiger partial charge in [0.1, 0.15) is 5.51 Å². The number of rotatable bonds is 3. The zero-order chi connectivity index (χ0) is 9.97. The molecule has 0 saturated heterocycles. The van der Waals surface area contributed by atoms with Crippen LogP contribution < -0.4 is 0 Å². The fourth-order valence-electron chi connectivity index (χ4n) is 0.894. The van der Waals surface area contributed by atoms with Gasteiger partial charge in [-0.3, -0.25) is 0 Å². The van der Waals surface area contributed by atoms with Gasteiger partial charge < -0.3 is 4.52 Å². The topological polar surface area (TPSA) is 64.7 Å². The van der Waals surface area contributed by atoms with Gasteiger partial charge in [-0.05, 0) is 13.8 Å². The Balaban J connectivity index is 2.06. The lowest BCUT2D eigenvalue weighted by Gasteiger charge is -2.00.